The molecule has 1 aromatic carbocycles. The topological polar surface area (TPSA) is 77.6 Å². The van der Waals surface area contributed by atoms with Gasteiger partial charge in [0.25, 0.3) is 5.56 Å². The standard InChI is InChI=1S/C30H33F3N6O2/c1-18-10-29(11-18,28-36-35-17-37(28)4)23-7-5-6-22(9-23)24-12-34-26-25(30(31,32)33)8-21(16-39(26)27(24)40)15-38-13-19(2)41-20(3)14-38/h5-9,12,16-20H,10-11,13-15H2,1-4H3/t18?,19-,20+,29?. The molecule has 1 saturated carbocycles. The predicted molar refractivity (Wildman–Crippen MR) is 147 cm³/mol. The Morgan fingerprint density at radius 1 is 1.10 bits per heavy atom. The van der Waals surface area contributed by atoms with E-state index in [2.05, 4.69) is 27.0 Å². The summed E-state index contributed by atoms with van der Waals surface area (Å²) >= 11 is 0. The monoisotopic (exact) mass is 566 g/mol. The number of fused-ring (bicyclic) bond motifs is 1. The van der Waals surface area contributed by atoms with E-state index in [1.54, 1.807) is 12.4 Å². The molecule has 4 aromatic rings. The number of pyridine rings is 1. The molecule has 2 aliphatic rings. The van der Waals surface area contributed by atoms with Crippen molar-refractivity contribution in [1.29, 1.82) is 0 Å². The Morgan fingerprint density at radius 3 is 2.46 bits per heavy atom. The summed E-state index contributed by atoms with van der Waals surface area (Å²) < 4.78 is 51.3. The lowest BCUT2D eigenvalue weighted by atomic mass is 9.58. The van der Waals surface area contributed by atoms with Crippen LogP contribution in [0.2, 0.25) is 0 Å². The molecule has 0 radical (unpaired) electrons. The minimum atomic E-state index is -4.67. The minimum Gasteiger partial charge on any atom is -0.373 e. The second kappa shape index (κ2) is 10.1. The fourth-order valence-electron chi connectivity index (χ4n) is 6.78. The lowest BCUT2D eigenvalue weighted by Crippen LogP contribution is -2.44. The molecule has 0 amide bonds. The molecule has 41 heavy (non-hydrogen) atoms. The third-order valence-corrected chi connectivity index (χ3v) is 8.33. The fourth-order valence-corrected chi connectivity index (χ4v) is 6.78. The van der Waals surface area contributed by atoms with E-state index in [9.17, 15) is 18.0 Å². The molecule has 0 spiro atoms. The van der Waals surface area contributed by atoms with Crippen LogP contribution in [0.5, 0.6) is 0 Å². The van der Waals surface area contributed by atoms with E-state index in [0.29, 0.717) is 30.1 Å². The molecule has 216 valence electrons. The van der Waals surface area contributed by atoms with Crippen LogP contribution in [0.15, 0.2) is 53.8 Å². The van der Waals surface area contributed by atoms with Gasteiger partial charge in [0, 0.05) is 39.1 Å². The third kappa shape index (κ3) is 4.95. The van der Waals surface area contributed by atoms with Crippen molar-refractivity contribution in [2.75, 3.05) is 13.1 Å². The van der Waals surface area contributed by atoms with Gasteiger partial charge < -0.3 is 9.30 Å². The summed E-state index contributed by atoms with van der Waals surface area (Å²) in [7, 11) is 1.91. The van der Waals surface area contributed by atoms with E-state index >= 15 is 0 Å². The number of hydrogen-bond donors (Lipinski definition) is 0. The molecular weight excluding hydrogens is 533 g/mol. The van der Waals surface area contributed by atoms with Crippen LogP contribution >= 0.6 is 0 Å². The van der Waals surface area contributed by atoms with E-state index in [-0.39, 0.29) is 29.7 Å². The number of hydrogen-bond acceptors (Lipinski definition) is 6. The Morgan fingerprint density at radius 2 is 1.83 bits per heavy atom. The van der Waals surface area contributed by atoms with Gasteiger partial charge in [0.1, 0.15) is 12.2 Å². The van der Waals surface area contributed by atoms with Crippen molar-refractivity contribution >= 4 is 5.65 Å². The van der Waals surface area contributed by atoms with E-state index in [0.717, 1.165) is 34.7 Å². The van der Waals surface area contributed by atoms with Gasteiger partial charge in [-0.25, -0.2) is 4.98 Å². The summed E-state index contributed by atoms with van der Waals surface area (Å²) in [4.78, 5) is 20.1. The Bertz CT molecular complexity index is 1650. The van der Waals surface area contributed by atoms with Crippen molar-refractivity contribution in [1.82, 2.24) is 29.0 Å². The number of aryl methyl sites for hydroxylation is 1. The van der Waals surface area contributed by atoms with Crippen LogP contribution in [0.3, 0.4) is 0 Å². The van der Waals surface area contributed by atoms with E-state index in [1.165, 1.54) is 12.4 Å². The summed E-state index contributed by atoms with van der Waals surface area (Å²) in [6.07, 6.45) is 1.46. The van der Waals surface area contributed by atoms with Crippen LogP contribution < -0.4 is 5.56 Å². The number of nitrogens with zero attached hydrogens (tertiary/aromatic N) is 6. The Balaban J connectivity index is 1.44. The first kappa shape index (κ1) is 27.6. The van der Waals surface area contributed by atoms with Crippen LogP contribution in [0.25, 0.3) is 16.8 Å². The normalized spacial score (nSPS) is 25.4. The molecule has 0 N–H and O–H groups in total. The average Bonchev–Trinajstić information content (AvgIpc) is 3.31. The number of alkyl halides is 3. The molecule has 1 saturated heterocycles. The molecule has 8 nitrogen and oxygen atoms in total. The van der Waals surface area contributed by atoms with Crippen molar-refractivity contribution in [2.45, 2.75) is 64.0 Å². The smallest absolute Gasteiger partial charge is 0.373 e. The predicted octanol–water partition coefficient (Wildman–Crippen LogP) is 4.83. The fraction of sp³-hybridized carbons (Fsp3) is 0.467. The zero-order valence-electron chi connectivity index (χ0n) is 23.5. The number of aromatic nitrogens is 5. The molecule has 3 aromatic heterocycles. The van der Waals surface area contributed by atoms with Crippen molar-refractivity contribution in [3.63, 3.8) is 0 Å². The summed E-state index contributed by atoms with van der Waals surface area (Å²) in [5.74, 6) is 1.35. The van der Waals surface area contributed by atoms with Gasteiger partial charge in [0.05, 0.1) is 28.7 Å². The molecule has 0 unspecified atom stereocenters. The third-order valence-electron chi connectivity index (χ3n) is 8.33. The van der Waals surface area contributed by atoms with Gasteiger partial charge in [-0.3, -0.25) is 14.1 Å². The molecule has 2 fully saturated rings. The van der Waals surface area contributed by atoms with Crippen LogP contribution in [-0.4, -0.2) is 54.3 Å². The number of rotatable bonds is 5. The highest BCUT2D eigenvalue weighted by atomic mass is 19.4. The van der Waals surface area contributed by atoms with Gasteiger partial charge in [0.15, 0.2) is 5.65 Å². The highest BCUT2D eigenvalue weighted by Gasteiger charge is 2.48. The zero-order valence-corrected chi connectivity index (χ0v) is 23.5. The molecule has 0 bridgehead atoms. The number of morpholine rings is 1. The van der Waals surface area contributed by atoms with Crippen LogP contribution in [-0.2, 0) is 29.9 Å². The van der Waals surface area contributed by atoms with Crippen molar-refractivity contribution in [2.24, 2.45) is 13.0 Å². The van der Waals surface area contributed by atoms with Crippen LogP contribution in [0, 0.1) is 5.92 Å². The number of halogens is 3. The average molecular weight is 567 g/mol. The van der Waals surface area contributed by atoms with Crippen molar-refractivity contribution in [3.8, 4) is 11.1 Å². The Labute approximate surface area is 235 Å². The van der Waals surface area contributed by atoms with Gasteiger partial charge in [-0.2, -0.15) is 13.2 Å². The number of benzene rings is 1. The Hall–Kier alpha value is -3.57. The van der Waals surface area contributed by atoms with Gasteiger partial charge in [-0.05, 0) is 61.4 Å². The molecule has 6 rings (SSSR count). The van der Waals surface area contributed by atoms with Gasteiger partial charge in [0.2, 0.25) is 0 Å². The van der Waals surface area contributed by atoms with Crippen LogP contribution in [0.1, 0.15) is 56.1 Å². The maximum Gasteiger partial charge on any atom is 0.419 e. The number of ether oxygens (including phenoxy) is 1. The molecule has 4 heterocycles. The highest BCUT2D eigenvalue weighted by Crippen LogP contribution is 2.51. The first-order valence-electron chi connectivity index (χ1n) is 13.9. The van der Waals surface area contributed by atoms with Gasteiger partial charge in [-0.1, -0.05) is 25.1 Å². The summed E-state index contributed by atoms with van der Waals surface area (Å²) in [5.41, 5.74) is 0.0145. The molecule has 2 atom stereocenters. The van der Waals surface area contributed by atoms with E-state index in [1.807, 2.05) is 43.7 Å². The first-order chi connectivity index (χ1) is 19.4. The molecule has 11 heteroatoms. The lowest BCUT2D eigenvalue weighted by molar-refractivity contribution is -0.136. The van der Waals surface area contributed by atoms with Gasteiger partial charge >= 0.3 is 6.18 Å². The summed E-state index contributed by atoms with van der Waals surface area (Å²) in [5, 5.41) is 8.48. The van der Waals surface area contributed by atoms with E-state index < -0.39 is 22.9 Å². The quantitative estimate of drug-likeness (QED) is 0.344. The minimum absolute atomic E-state index is 0.0342. The second-order valence-electron chi connectivity index (χ2n) is 11.8. The molecular formula is C30H33F3N6O2. The molecule has 1 aliphatic carbocycles. The largest absolute Gasteiger partial charge is 0.419 e. The van der Waals surface area contributed by atoms with Crippen LogP contribution in [0.4, 0.5) is 13.2 Å². The maximum atomic E-state index is 14.2. The van der Waals surface area contributed by atoms with Gasteiger partial charge in [-0.15, -0.1) is 10.2 Å². The van der Waals surface area contributed by atoms with Crippen molar-refractivity contribution < 1.29 is 17.9 Å². The van der Waals surface area contributed by atoms with E-state index in [4.69, 9.17) is 4.74 Å². The van der Waals surface area contributed by atoms with Crippen molar-refractivity contribution in [3.05, 3.63) is 81.9 Å². The summed E-state index contributed by atoms with van der Waals surface area (Å²) in [6, 6.07) is 8.73. The molecule has 1 aliphatic heterocycles. The summed E-state index contributed by atoms with van der Waals surface area (Å²) in [6.45, 7) is 7.52. The SMILES string of the molecule is CC1CC(c2cccc(-c3cnc4c(C(F)(F)F)cc(CN5C[C@@H](C)O[C@@H](C)C5)cn4c3=O)c2)(c2nncn2C)C1. The zero-order chi connectivity index (χ0) is 29.1. The first-order valence-corrected chi connectivity index (χ1v) is 13.9. The second-order valence-corrected chi connectivity index (χ2v) is 11.8. The maximum absolute atomic E-state index is 14.2. The highest BCUT2D eigenvalue weighted by molar-refractivity contribution is 5.66. The lowest BCUT2D eigenvalue weighted by Gasteiger charge is -2.46. The Kier molecular flexibility index (Phi) is 6.77.